The van der Waals surface area contributed by atoms with Gasteiger partial charge < -0.3 is 18.8 Å². The summed E-state index contributed by atoms with van der Waals surface area (Å²) in [5, 5.41) is 0. The standard InChI is InChI=1S/C15H24N2O5/c1-11(2)8-14(18)17(6-5-7-20-3)9-13-16-12(10-22-13)15(19)21-4/h10-11H,5-9H2,1-4H3. The lowest BCUT2D eigenvalue weighted by molar-refractivity contribution is -0.133. The van der Waals surface area contributed by atoms with Crippen molar-refractivity contribution in [2.24, 2.45) is 5.92 Å². The molecule has 22 heavy (non-hydrogen) atoms. The molecule has 7 heteroatoms. The van der Waals surface area contributed by atoms with E-state index < -0.39 is 5.97 Å². The molecule has 1 aromatic rings. The maximum absolute atomic E-state index is 12.3. The quantitative estimate of drug-likeness (QED) is 0.511. The first-order valence-corrected chi connectivity index (χ1v) is 7.27. The second-order valence-corrected chi connectivity index (χ2v) is 5.38. The van der Waals surface area contributed by atoms with Gasteiger partial charge in [-0.05, 0) is 12.3 Å². The van der Waals surface area contributed by atoms with Gasteiger partial charge in [-0.1, -0.05) is 13.8 Å². The van der Waals surface area contributed by atoms with Crippen LogP contribution in [0.25, 0.3) is 0 Å². The molecule has 1 heterocycles. The molecule has 1 amide bonds. The van der Waals surface area contributed by atoms with E-state index in [9.17, 15) is 9.59 Å². The molecule has 0 atom stereocenters. The molecule has 1 rings (SSSR count). The first kappa shape index (κ1) is 18.2. The zero-order chi connectivity index (χ0) is 16.5. The number of rotatable bonds is 9. The Bertz CT molecular complexity index is 484. The van der Waals surface area contributed by atoms with Crippen LogP contribution in [-0.4, -0.2) is 49.1 Å². The highest BCUT2D eigenvalue weighted by molar-refractivity contribution is 5.86. The highest BCUT2D eigenvalue weighted by atomic mass is 16.5. The van der Waals surface area contributed by atoms with Crippen molar-refractivity contribution in [2.45, 2.75) is 33.2 Å². The first-order chi connectivity index (χ1) is 10.5. The number of ether oxygens (including phenoxy) is 2. The van der Waals surface area contributed by atoms with Crippen LogP contribution in [0.15, 0.2) is 10.7 Å². The second-order valence-electron chi connectivity index (χ2n) is 5.38. The zero-order valence-corrected chi connectivity index (χ0v) is 13.6. The fraction of sp³-hybridized carbons (Fsp3) is 0.667. The predicted octanol–water partition coefficient (Wildman–Crippen LogP) is 1.87. The van der Waals surface area contributed by atoms with Gasteiger partial charge in [0.1, 0.15) is 6.26 Å². The largest absolute Gasteiger partial charge is 0.464 e. The fourth-order valence-corrected chi connectivity index (χ4v) is 1.92. The minimum Gasteiger partial charge on any atom is -0.464 e. The van der Waals surface area contributed by atoms with Crippen LogP contribution >= 0.6 is 0 Å². The SMILES string of the molecule is COCCCN(Cc1nc(C(=O)OC)co1)C(=O)CC(C)C. The van der Waals surface area contributed by atoms with Crippen LogP contribution in [0.4, 0.5) is 0 Å². The molecule has 0 radical (unpaired) electrons. The van der Waals surface area contributed by atoms with Crippen LogP contribution in [0.2, 0.25) is 0 Å². The van der Waals surface area contributed by atoms with E-state index in [4.69, 9.17) is 9.15 Å². The van der Waals surface area contributed by atoms with E-state index in [-0.39, 0.29) is 24.1 Å². The molecule has 0 aliphatic heterocycles. The number of carbonyl (C=O) groups is 2. The minimum atomic E-state index is -0.561. The smallest absolute Gasteiger partial charge is 0.360 e. The van der Waals surface area contributed by atoms with Crippen molar-refractivity contribution in [1.82, 2.24) is 9.88 Å². The van der Waals surface area contributed by atoms with Crippen LogP contribution in [0, 0.1) is 5.92 Å². The molecule has 0 bridgehead atoms. The normalized spacial score (nSPS) is 10.8. The fourth-order valence-electron chi connectivity index (χ4n) is 1.92. The molecule has 0 unspecified atom stereocenters. The lowest BCUT2D eigenvalue weighted by Crippen LogP contribution is -2.33. The lowest BCUT2D eigenvalue weighted by Gasteiger charge is -2.22. The van der Waals surface area contributed by atoms with Gasteiger partial charge in [0.2, 0.25) is 11.8 Å². The van der Waals surface area contributed by atoms with Crippen molar-refractivity contribution in [3.05, 3.63) is 17.8 Å². The van der Waals surface area contributed by atoms with Gasteiger partial charge in [-0.3, -0.25) is 4.79 Å². The van der Waals surface area contributed by atoms with E-state index in [2.05, 4.69) is 9.72 Å². The number of oxazole rings is 1. The average Bonchev–Trinajstić information content (AvgIpc) is 2.93. The Labute approximate surface area is 130 Å². The number of nitrogens with zero attached hydrogens (tertiary/aromatic N) is 2. The van der Waals surface area contributed by atoms with Crippen LogP contribution in [0.3, 0.4) is 0 Å². The summed E-state index contributed by atoms with van der Waals surface area (Å²) in [7, 11) is 2.90. The summed E-state index contributed by atoms with van der Waals surface area (Å²) in [6.07, 6.45) is 2.42. The molecular formula is C15H24N2O5. The highest BCUT2D eigenvalue weighted by Gasteiger charge is 2.19. The van der Waals surface area contributed by atoms with Crippen molar-refractivity contribution in [1.29, 1.82) is 0 Å². The molecule has 0 aliphatic rings. The molecule has 0 spiro atoms. The highest BCUT2D eigenvalue weighted by Crippen LogP contribution is 2.11. The Kier molecular flexibility index (Phi) is 7.59. The van der Waals surface area contributed by atoms with Crippen molar-refractivity contribution in [3.63, 3.8) is 0 Å². The summed E-state index contributed by atoms with van der Waals surface area (Å²) < 4.78 is 14.8. The van der Waals surface area contributed by atoms with Gasteiger partial charge >= 0.3 is 5.97 Å². The predicted molar refractivity (Wildman–Crippen MR) is 79.2 cm³/mol. The van der Waals surface area contributed by atoms with Crippen LogP contribution in [-0.2, 0) is 20.8 Å². The molecule has 0 fully saturated rings. The summed E-state index contributed by atoms with van der Waals surface area (Å²) in [6.45, 7) is 5.34. The summed E-state index contributed by atoms with van der Waals surface area (Å²) in [4.78, 5) is 29.4. The Morgan fingerprint density at radius 2 is 2.09 bits per heavy atom. The molecule has 0 saturated carbocycles. The molecule has 0 aromatic carbocycles. The Balaban J connectivity index is 2.71. The second kappa shape index (κ2) is 9.19. The summed E-state index contributed by atoms with van der Waals surface area (Å²) in [6, 6.07) is 0. The molecule has 0 aliphatic carbocycles. The van der Waals surface area contributed by atoms with E-state index in [1.54, 1.807) is 12.0 Å². The third-order valence-electron chi connectivity index (χ3n) is 2.98. The maximum atomic E-state index is 12.3. The number of hydrogen-bond donors (Lipinski definition) is 0. The Morgan fingerprint density at radius 3 is 2.68 bits per heavy atom. The van der Waals surface area contributed by atoms with E-state index in [0.717, 1.165) is 6.42 Å². The summed E-state index contributed by atoms with van der Waals surface area (Å²) >= 11 is 0. The number of amides is 1. The topological polar surface area (TPSA) is 81.9 Å². The van der Waals surface area contributed by atoms with Gasteiger partial charge in [0.15, 0.2) is 5.69 Å². The van der Waals surface area contributed by atoms with E-state index in [1.807, 2.05) is 13.8 Å². The molecule has 0 saturated heterocycles. The zero-order valence-electron chi connectivity index (χ0n) is 13.6. The van der Waals surface area contributed by atoms with Crippen molar-refractivity contribution in [3.8, 4) is 0 Å². The van der Waals surface area contributed by atoms with Crippen LogP contribution in [0.5, 0.6) is 0 Å². The molecule has 124 valence electrons. The molecule has 0 N–H and O–H groups in total. The number of carbonyl (C=O) groups excluding carboxylic acids is 2. The van der Waals surface area contributed by atoms with Crippen LogP contribution < -0.4 is 0 Å². The van der Waals surface area contributed by atoms with E-state index >= 15 is 0 Å². The monoisotopic (exact) mass is 312 g/mol. The van der Waals surface area contributed by atoms with Gasteiger partial charge in [0.25, 0.3) is 0 Å². The Hall–Kier alpha value is -1.89. The number of esters is 1. The van der Waals surface area contributed by atoms with E-state index in [1.165, 1.54) is 13.4 Å². The summed E-state index contributed by atoms with van der Waals surface area (Å²) in [5.74, 6) is 0.0564. The first-order valence-electron chi connectivity index (χ1n) is 7.27. The van der Waals surface area contributed by atoms with Gasteiger partial charge in [-0.25, -0.2) is 9.78 Å². The van der Waals surface area contributed by atoms with Crippen LogP contribution in [0.1, 0.15) is 43.1 Å². The van der Waals surface area contributed by atoms with E-state index in [0.29, 0.717) is 25.5 Å². The minimum absolute atomic E-state index is 0.0314. The lowest BCUT2D eigenvalue weighted by atomic mass is 10.1. The molecule has 7 nitrogen and oxygen atoms in total. The molecule has 1 aromatic heterocycles. The van der Waals surface area contributed by atoms with Gasteiger partial charge in [0, 0.05) is 26.7 Å². The third-order valence-corrected chi connectivity index (χ3v) is 2.98. The Morgan fingerprint density at radius 1 is 1.36 bits per heavy atom. The summed E-state index contributed by atoms with van der Waals surface area (Å²) in [5.41, 5.74) is 0.102. The van der Waals surface area contributed by atoms with Crippen molar-refractivity contribution >= 4 is 11.9 Å². The average molecular weight is 312 g/mol. The number of hydrogen-bond acceptors (Lipinski definition) is 6. The third kappa shape index (κ3) is 5.85. The van der Waals surface area contributed by atoms with Gasteiger partial charge in [-0.15, -0.1) is 0 Å². The maximum Gasteiger partial charge on any atom is 0.360 e. The van der Waals surface area contributed by atoms with Gasteiger partial charge in [-0.2, -0.15) is 0 Å². The van der Waals surface area contributed by atoms with Gasteiger partial charge in [0.05, 0.1) is 13.7 Å². The number of methoxy groups -OCH3 is 2. The molecular weight excluding hydrogens is 288 g/mol. The number of aromatic nitrogens is 1. The van der Waals surface area contributed by atoms with Crippen molar-refractivity contribution in [2.75, 3.05) is 27.4 Å². The van der Waals surface area contributed by atoms with Crippen molar-refractivity contribution < 1.29 is 23.5 Å².